The number of ether oxygens (including phenoxy) is 1. The van der Waals surface area contributed by atoms with Crippen LogP contribution in [0.4, 0.5) is 5.82 Å². The summed E-state index contributed by atoms with van der Waals surface area (Å²) in [6.45, 7) is 4.28. The van der Waals surface area contributed by atoms with Crippen LogP contribution in [0.1, 0.15) is 10.5 Å². The monoisotopic (exact) mass is 299 g/mol. The first-order valence-electron chi connectivity index (χ1n) is 7.47. The van der Waals surface area contributed by atoms with Gasteiger partial charge in [-0.1, -0.05) is 6.07 Å². The van der Waals surface area contributed by atoms with E-state index in [1.54, 1.807) is 16.9 Å². The van der Waals surface area contributed by atoms with E-state index in [0.29, 0.717) is 31.3 Å². The van der Waals surface area contributed by atoms with Crippen LogP contribution < -0.4 is 9.64 Å². The van der Waals surface area contributed by atoms with Crippen molar-refractivity contribution in [3.8, 4) is 5.88 Å². The zero-order valence-electron chi connectivity index (χ0n) is 12.2. The van der Waals surface area contributed by atoms with Crippen molar-refractivity contribution >= 4 is 11.7 Å². The summed E-state index contributed by atoms with van der Waals surface area (Å²) >= 11 is 0. The van der Waals surface area contributed by atoms with Crippen molar-refractivity contribution in [1.82, 2.24) is 19.7 Å². The van der Waals surface area contributed by atoms with Gasteiger partial charge in [-0.05, 0) is 12.1 Å². The SMILES string of the molecule is O=C(c1cc2n(n1)CCO2)N1CCN(c2ccccn2)CC1. The van der Waals surface area contributed by atoms with E-state index in [1.807, 2.05) is 23.1 Å². The molecule has 4 heterocycles. The summed E-state index contributed by atoms with van der Waals surface area (Å²) in [5.74, 6) is 1.63. The van der Waals surface area contributed by atoms with E-state index >= 15 is 0 Å². The second-order valence-corrected chi connectivity index (χ2v) is 5.41. The summed E-state index contributed by atoms with van der Waals surface area (Å²) in [7, 11) is 0. The van der Waals surface area contributed by atoms with E-state index in [-0.39, 0.29) is 5.91 Å². The zero-order chi connectivity index (χ0) is 14.9. The molecule has 7 nitrogen and oxygen atoms in total. The fraction of sp³-hybridized carbons (Fsp3) is 0.400. The molecule has 0 aromatic carbocycles. The summed E-state index contributed by atoms with van der Waals surface area (Å²) < 4.78 is 7.15. The van der Waals surface area contributed by atoms with Gasteiger partial charge in [-0.3, -0.25) is 4.79 Å². The summed E-state index contributed by atoms with van der Waals surface area (Å²) in [4.78, 5) is 20.9. The quantitative estimate of drug-likeness (QED) is 0.814. The zero-order valence-corrected chi connectivity index (χ0v) is 12.2. The fourth-order valence-corrected chi connectivity index (χ4v) is 2.86. The third-order valence-electron chi connectivity index (χ3n) is 4.06. The lowest BCUT2D eigenvalue weighted by atomic mass is 10.2. The molecule has 1 saturated heterocycles. The summed E-state index contributed by atoms with van der Waals surface area (Å²) in [6, 6.07) is 7.62. The Morgan fingerprint density at radius 2 is 2.00 bits per heavy atom. The van der Waals surface area contributed by atoms with Crippen LogP contribution in [-0.4, -0.2) is 58.4 Å². The fourth-order valence-electron chi connectivity index (χ4n) is 2.86. The number of anilines is 1. The minimum atomic E-state index is -0.0221. The van der Waals surface area contributed by atoms with Gasteiger partial charge < -0.3 is 14.5 Å². The van der Waals surface area contributed by atoms with Crippen LogP contribution in [0, 0.1) is 0 Å². The molecule has 0 bridgehead atoms. The van der Waals surface area contributed by atoms with Gasteiger partial charge in [0, 0.05) is 38.4 Å². The first kappa shape index (κ1) is 13.1. The van der Waals surface area contributed by atoms with E-state index in [2.05, 4.69) is 15.0 Å². The molecule has 0 unspecified atom stereocenters. The number of piperazine rings is 1. The topological polar surface area (TPSA) is 63.5 Å². The third-order valence-corrected chi connectivity index (χ3v) is 4.06. The van der Waals surface area contributed by atoms with E-state index in [1.165, 1.54) is 0 Å². The number of carbonyl (C=O) groups excluding carboxylic acids is 1. The molecule has 0 atom stereocenters. The Hall–Kier alpha value is -2.57. The van der Waals surface area contributed by atoms with Crippen LogP contribution in [-0.2, 0) is 6.54 Å². The molecule has 7 heteroatoms. The van der Waals surface area contributed by atoms with Crippen LogP contribution in [0.5, 0.6) is 5.88 Å². The molecule has 2 aromatic rings. The van der Waals surface area contributed by atoms with Crippen molar-refractivity contribution < 1.29 is 9.53 Å². The van der Waals surface area contributed by atoms with Crippen molar-refractivity contribution in [3.63, 3.8) is 0 Å². The molecule has 0 spiro atoms. The lowest BCUT2D eigenvalue weighted by Crippen LogP contribution is -2.49. The Bertz CT molecular complexity index is 655. The second kappa shape index (κ2) is 5.32. The Labute approximate surface area is 128 Å². The smallest absolute Gasteiger partial charge is 0.274 e. The van der Waals surface area contributed by atoms with Crippen LogP contribution in [0.15, 0.2) is 30.5 Å². The van der Waals surface area contributed by atoms with Gasteiger partial charge >= 0.3 is 0 Å². The van der Waals surface area contributed by atoms with E-state index in [9.17, 15) is 4.79 Å². The van der Waals surface area contributed by atoms with Gasteiger partial charge in [0.05, 0.1) is 6.54 Å². The predicted molar refractivity (Wildman–Crippen MR) is 80.1 cm³/mol. The maximum absolute atomic E-state index is 12.5. The van der Waals surface area contributed by atoms with Gasteiger partial charge in [0.15, 0.2) is 5.69 Å². The molecule has 1 fully saturated rings. The maximum Gasteiger partial charge on any atom is 0.274 e. The van der Waals surface area contributed by atoms with Gasteiger partial charge in [-0.25, -0.2) is 9.67 Å². The number of amides is 1. The summed E-state index contributed by atoms with van der Waals surface area (Å²) in [6.07, 6.45) is 1.79. The van der Waals surface area contributed by atoms with E-state index in [4.69, 9.17) is 4.74 Å². The largest absolute Gasteiger partial charge is 0.476 e. The van der Waals surface area contributed by atoms with Gasteiger partial charge in [-0.15, -0.1) is 0 Å². The highest BCUT2D eigenvalue weighted by atomic mass is 16.5. The standard InChI is InChI=1S/C15H17N5O2/c21-15(12-11-14-20(17-12)9-10-22-14)19-7-5-18(6-8-19)13-3-1-2-4-16-13/h1-4,11H,5-10H2. The number of carbonyl (C=O) groups is 1. The first-order chi connectivity index (χ1) is 10.8. The van der Waals surface area contributed by atoms with Crippen molar-refractivity contribution in [1.29, 1.82) is 0 Å². The minimum Gasteiger partial charge on any atom is -0.476 e. The molecular formula is C15H17N5O2. The lowest BCUT2D eigenvalue weighted by Gasteiger charge is -2.35. The number of hydrogen-bond donors (Lipinski definition) is 0. The molecule has 114 valence electrons. The Morgan fingerprint density at radius 1 is 1.14 bits per heavy atom. The van der Waals surface area contributed by atoms with Gasteiger partial charge in [0.25, 0.3) is 5.91 Å². The molecule has 2 aromatic heterocycles. The number of pyridine rings is 1. The Kier molecular flexibility index (Phi) is 3.17. The average Bonchev–Trinajstić information content (AvgIpc) is 3.17. The number of nitrogens with zero attached hydrogens (tertiary/aromatic N) is 5. The molecule has 2 aliphatic heterocycles. The molecule has 0 radical (unpaired) electrons. The Morgan fingerprint density at radius 3 is 2.73 bits per heavy atom. The van der Waals surface area contributed by atoms with E-state index < -0.39 is 0 Å². The molecule has 4 rings (SSSR count). The molecule has 0 N–H and O–H groups in total. The molecule has 2 aliphatic rings. The molecule has 0 saturated carbocycles. The van der Waals surface area contributed by atoms with Crippen molar-refractivity contribution in [2.75, 3.05) is 37.7 Å². The molecule has 0 aliphatic carbocycles. The molecule has 1 amide bonds. The van der Waals surface area contributed by atoms with Crippen LogP contribution in [0.3, 0.4) is 0 Å². The third kappa shape index (κ3) is 2.28. The summed E-state index contributed by atoms with van der Waals surface area (Å²) in [5.41, 5.74) is 0.473. The molecule has 22 heavy (non-hydrogen) atoms. The van der Waals surface area contributed by atoms with Crippen LogP contribution in [0.25, 0.3) is 0 Å². The van der Waals surface area contributed by atoms with Crippen molar-refractivity contribution in [2.45, 2.75) is 6.54 Å². The highest BCUT2D eigenvalue weighted by Gasteiger charge is 2.26. The lowest BCUT2D eigenvalue weighted by molar-refractivity contribution is 0.0739. The van der Waals surface area contributed by atoms with Gasteiger partial charge in [0.1, 0.15) is 12.4 Å². The Balaban J connectivity index is 1.41. The normalized spacial score (nSPS) is 17.3. The van der Waals surface area contributed by atoms with E-state index in [0.717, 1.165) is 25.5 Å². The number of rotatable bonds is 2. The van der Waals surface area contributed by atoms with Crippen molar-refractivity contribution in [3.05, 3.63) is 36.2 Å². The van der Waals surface area contributed by atoms with Crippen molar-refractivity contribution in [2.24, 2.45) is 0 Å². The van der Waals surface area contributed by atoms with Crippen LogP contribution in [0.2, 0.25) is 0 Å². The highest BCUT2D eigenvalue weighted by Crippen LogP contribution is 2.20. The first-order valence-corrected chi connectivity index (χ1v) is 7.47. The molecular weight excluding hydrogens is 282 g/mol. The number of fused-ring (bicyclic) bond motifs is 1. The van der Waals surface area contributed by atoms with Gasteiger partial charge in [0.2, 0.25) is 5.88 Å². The van der Waals surface area contributed by atoms with Gasteiger partial charge in [-0.2, -0.15) is 5.10 Å². The second-order valence-electron chi connectivity index (χ2n) is 5.41. The number of aromatic nitrogens is 3. The summed E-state index contributed by atoms with van der Waals surface area (Å²) in [5, 5.41) is 4.32. The highest BCUT2D eigenvalue weighted by molar-refractivity contribution is 5.92. The maximum atomic E-state index is 12.5. The van der Waals surface area contributed by atoms with Crippen LogP contribution >= 0.6 is 0 Å². The number of hydrogen-bond acceptors (Lipinski definition) is 5. The predicted octanol–water partition coefficient (Wildman–Crippen LogP) is 0.633. The minimum absolute atomic E-state index is 0.0221. The average molecular weight is 299 g/mol.